The lowest BCUT2D eigenvalue weighted by Crippen LogP contribution is -2.04. The van der Waals surface area contributed by atoms with Gasteiger partial charge in [-0.2, -0.15) is 13.2 Å². The van der Waals surface area contributed by atoms with Crippen molar-refractivity contribution in [2.24, 2.45) is 4.99 Å². The number of thioether (sulfide) groups is 1. The average molecular weight is 427 g/mol. The Morgan fingerprint density at radius 1 is 0.933 bits per heavy atom. The lowest BCUT2D eigenvalue weighted by Gasteiger charge is -2.07. The van der Waals surface area contributed by atoms with Crippen LogP contribution in [0.2, 0.25) is 0 Å². The largest absolute Gasteiger partial charge is 0.478 e. The molecule has 0 heterocycles. The van der Waals surface area contributed by atoms with Crippen molar-refractivity contribution in [1.82, 2.24) is 0 Å². The van der Waals surface area contributed by atoms with Crippen LogP contribution in [0.3, 0.4) is 0 Å². The molecule has 0 saturated heterocycles. The van der Waals surface area contributed by atoms with Gasteiger partial charge in [0, 0.05) is 11.0 Å². The van der Waals surface area contributed by atoms with Gasteiger partial charge in [-0.05, 0) is 53.8 Å². The van der Waals surface area contributed by atoms with Gasteiger partial charge in [0.1, 0.15) is 0 Å². The van der Waals surface area contributed by atoms with Crippen LogP contribution in [-0.2, 0) is 10.9 Å². The quantitative estimate of drug-likeness (QED) is 0.228. The van der Waals surface area contributed by atoms with Gasteiger partial charge in [0.2, 0.25) is 5.90 Å². The number of hydrogen-bond donors (Lipinski definition) is 0. The second-order valence-electron chi connectivity index (χ2n) is 6.24. The number of rotatable bonds is 6. The molecule has 0 aliphatic carbocycles. The first-order chi connectivity index (χ1) is 14.5. The summed E-state index contributed by atoms with van der Waals surface area (Å²) in [5, 5.41) is 1.67. The number of hydrogen-bond acceptors (Lipinski definition) is 3. The van der Waals surface area contributed by atoms with E-state index in [2.05, 4.69) is 4.99 Å². The van der Waals surface area contributed by atoms with Crippen LogP contribution in [0.1, 0.15) is 12.5 Å². The van der Waals surface area contributed by atoms with Crippen molar-refractivity contribution in [2.75, 3.05) is 6.61 Å². The summed E-state index contributed by atoms with van der Waals surface area (Å²) in [6.07, 6.45) is -2.70. The predicted molar refractivity (Wildman–Crippen MR) is 117 cm³/mol. The molecule has 0 fully saturated rings. The van der Waals surface area contributed by atoms with Crippen LogP contribution < -0.4 is 0 Å². The normalized spacial score (nSPS) is 12.3. The van der Waals surface area contributed by atoms with Gasteiger partial charge in [-0.15, -0.1) is 0 Å². The van der Waals surface area contributed by atoms with Crippen LogP contribution in [0.4, 0.5) is 18.9 Å². The highest BCUT2D eigenvalue weighted by molar-refractivity contribution is 8.02. The van der Waals surface area contributed by atoms with E-state index in [1.54, 1.807) is 17.6 Å². The minimum absolute atomic E-state index is 0.393. The fourth-order valence-corrected chi connectivity index (χ4v) is 3.36. The monoisotopic (exact) mass is 427 g/mol. The summed E-state index contributed by atoms with van der Waals surface area (Å²) in [4.78, 5) is 4.98. The Kier molecular flexibility index (Phi) is 7.36. The molecule has 30 heavy (non-hydrogen) atoms. The second kappa shape index (κ2) is 10.2. The molecule has 0 unspecified atom stereocenters. The molecule has 154 valence electrons. The molecule has 0 saturated carbocycles. The molecule has 0 amide bonds. The zero-order valence-corrected chi connectivity index (χ0v) is 17.1. The number of ether oxygens (including phenoxy) is 1. The molecule has 0 N–H and O–H groups in total. The van der Waals surface area contributed by atoms with Gasteiger partial charge in [-0.3, -0.25) is 0 Å². The zero-order chi connectivity index (χ0) is 21.4. The minimum atomic E-state index is -4.36. The number of benzene rings is 3. The Hall–Kier alpha value is -2.99. The fraction of sp³-hybridized carbons (Fsp3) is 0.125. The summed E-state index contributed by atoms with van der Waals surface area (Å²) in [6, 6.07) is 23.0. The minimum Gasteiger partial charge on any atom is -0.478 e. The molecule has 0 atom stereocenters. The summed E-state index contributed by atoms with van der Waals surface area (Å²) in [6.45, 7) is 2.28. The van der Waals surface area contributed by atoms with Gasteiger partial charge in [-0.1, -0.05) is 60.3 Å². The van der Waals surface area contributed by atoms with Crippen molar-refractivity contribution < 1.29 is 17.9 Å². The van der Waals surface area contributed by atoms with Crippen molar-refractivity contribution in [1.29, 1.82) is 0 Å². The summed E-state index contributed by atoms with van der Waals surface area (Å²) < 4.78 is 44.0. The molecule has 0 aliphatic rings. The van der Waals surface area contributed by atoms with Crippen LogP contribution in [0.5, 0.6) is 0 Å². The van der Waals surface area contributed by atoms with E-state index in [9.17, 15) is 13.2 Å². The van der Waals surface area contributed by atoms with Gasteiger partial charge in [0.25, 0.3) is 0 Å². The number of alkyl halides is 3. The van der Waals surface area contributed by atoms with Crippen molar-refractivity contribution in [3.63, 3.8) is 0 Å². The predicted octanol–water partition coefficient (Wildman–Crippen LogP) is 7.74. The number of halogens is 3. The van der Waals surface area contributed by atoms with Crippen LogP contribution in [0.15, 0.2) is 100 Å². The van der Waals surface area contributed by atoms with Crippen molar-refractivity contribution in [3.8, 4) is 11.1 Å². The topological polar surface area (TPSA) is 21.6 Å². The van der Waals surface area contributed by atoms with Gasteiger partial charge in [0.05, 0.1) is 17.9 Å². The number of nitrogens with zero attached hydrogens (tertiary/aromatic N) is 1. The smallest absolute Gasteiger partial charge is 0.416 e. The lowest BCUT2D eigenvalue weighted by atomic mass is 10.1. The Morgan fingerprint density at radius 3 is 2.30 bits per heavy atom. The molecule has 0 aliphatic heterocycles. The third-order valence-electron chi connectivity index (χ3n) is 4.08. The van der Waals surface area contributed by atoms with E-state index in [-0.39, 0.29) is 0 Å². The van der Waals surface area contributed by atoms with Gasteiger partial charge in [-0.25, -0.2) is 4.99 Å². The average Bonchev–Trinajstić information content (AvgIpc) is 2.75. The first-order valence-corrected chi connectivity index (χ1v) is 10.2. The Labute approximate surface area is 178 Å². The van der Waals surface area contributed by atoms with Crippen molar-refractivity contribution in [2.45, 2.75) is 18.0 Å². The van der Waals surface area contributed by atoms with E-state index in [4.69, 9.17) is 4.74 Å². The third kappa shape index (κ3) is 6.26. The second-order valence-corrected chi connectivity index (χ2v) is 7.22. The summed E-state index contributed by atoms with van der Waals surface area (Å²) in [5.74, 6) is 0.393. The van der Waals surface area contributed by atoms with Gasteiger partial charge >= 0.3 is 6.18 Å². The van der Waals surface area contributed by atoms with Gasteiger partial charge < -0.3 is 4.74 Å². The summed E-state index contributed by atoms with van der Waals surface area (Å²) in [7, 11) is 0. The molecule has 3 aromatic rings. The van der Waals surface area contributed by atoms with Crippen LogP contribution in [0, 0.1) is 0 Å². The zero-order valence-electron chi connectivity index (χ0n) is 16.3. The Bertz CT molecular complexity index is 1010. The highest BCUT2D eigenvalue weighted by Gasteiger charge is 2.30. The Balaban J connectivity index is 1.72. The first kappa shape index (κ1) is 21.7. The molecular formula is C24H20F3NOS. The maximum absolute atomic E-state index is 12.8. The van der Waals surface area contributed by atoms with Crippen LogP contribution in [0.25, 0.3) is 11.1 Å². The molecule has 6 heteroatoms. The highest BCUT2D eigenvalue weighted by atomic mass is 32.2. The Morgan fingerprint density at radius 2 is 1.63 bits per heavy atom. The van der Waals surface area contributed by atoms with Crippen LogP contribution >= 0.6 is 11.8 Å². The standard InChI is InChI=1S/C24H20F3NOS/c1-2-29-23(15-16-30-22-10-6-9-20(17-22)24(25,26)27)28-21-13-11-19(12-14-21)18-7-4-3-5-8-18/h3-17H,2H2,1H3. The highest BCUT2D eigenvalue weighted by Crippen LogP contribution is 2.32. The molecule has 0 aromatic heterocycles. The molecule has 2 nitrogen and oxygen atoms in total. The SMILES string of the molecule is CCOC(C=CSc1cccc(C(F)(F)F)c1)=Nc1ccc(-c2ccccc2)cc1. The first-order valence-electron chi connectivity index (χ1n) is 9.33. The molecular weight excluding hydrogens is 407 g/mol. The van der Waals surface area contributed by atoms with E-state index < -0.39 is 11.7 Å². The van der Waals surface area contributed by atoms with E-state index in [0.717, 1.165) is 28.9 Å². The third-order valence-corrected chi connectivity index (χ3v) is 4.88. The van der Waals surface area contributed by atoms with E-state index >= 15 is 0 Å². The number of aliphatic imine (C=N–C) groups is 1. The molecule has 0 spiro atoms. The van der Waals surface area contributed by atoms with E-state index in [1.165, 1.54) is 17.8 Å². The van der Waals surface area contributed by atoms with Crippen LogP contribution in [-0.4, -0.2) is 12.5 Å². The van der Waals surface area contributed by atoms with E-state index in [1.807, 2.05) is 61.5 Å². The maximum atomic E-state index is 12.8. The molecule has 3 rings (SSSR count). The molecule has 0 radical (unpaired) electrons. The summed E-state index contributed by atoms with van der Waals surface area (Å²) in [5.41, 5.74) is 2.27. The molecule has 0 bridgehead atoms. The molecule has 3 aromatic carbocycles. The summed E-state index contributed by atoms with van der Waals surface area (Å²) >= 11 is 1.17. The van der Waals surface area contributed by atoms with Crippen molar-refractivity contribution in [3.05, 3.63) is 95.9 Å². The van der Waals surface area contributed by atoms with Gasteiger partial charge in [0.15, 0.2) is 0 Å². The van der Waals surface area contributed by atoms with E-state index in [0.29, 0.717) is 17.4 Å². The fourth-order valence-electron chi connectivity index (χ4n) is 2.67. The maximum Gasteiger partial charge on any atom is 0.416 e. The lowest BCUT2D eigenvalue weighted by molar-refractivity contribution is -0.137. The van der Waals surface area contributed by atoms with Crippen molar-refractivity contribution >= 4 is 23.3 Å².